The Balaban J connectivity index is 1.51. The quantitative estimate of drug-likeness (QED) is 0.569. The first-order valence-electron chi connectivity index (χ1n) is 9.27. The monoisotopic (exact) mass is 392 g/mol. The molecular weight excluding hydrogens is 368 g/mol. The van der Waals surface area contributed by atoms with Crippen LogP contribution in [0.15, 0.2) is 54.7 Å². The van der Waals surface area contributed by atoms with E-state index >= 15 is 0 Å². The maximum atomic E-state index is 12.3. The van der Waals surface area contributed by atoms with Crippen LogP contribution in [-0.4, -0.2) is 36.1 Å². The number of amides is 1. The first-order valence-corrected chi connectivity index (χ1v) is 9.27. The third-order valence-corrected chi connectivity index (χ3v) is 4.37. The van der Waals surface area contributed by atoms with Gasteiger partial charge in [0.25, 0.3) is 5.91 Å². The van der Waals surface area contributed by atoms with Crippen LogP contribution >= 0.6 is 0 Å². The van der Waals surface area contributed by atoms with Crippen molar-refractivity contribution < 1.29 is 14.3 Å². The van der Waals surface area contributed by atoms with E-state index in [0.717, 1.165) is 11.4 Å². The molecule has 0 atom stereocenters. The summed E-state index contributed by atoms with van der Waals surface area (Å²) in [4.78, 5) is 20.8. The lowest BCUT2D eigenvalue weighted by atomic mass is 10.1. The molecule has 0 aliphatic carbocycles. The van der Waals surface area contributed by atoms with Crippen molar-refractivity contribution in [3.8, 4) is 11.5 Å². The molecule has 0 saturated carbocycles. The molecule has 3 rings (SSSR count). The van der Waals surface area contributed by atoms with E-state index in [2.05, 4.69) is 27.5 Å². The number of carbonyl (C=O) groups is 1. The molecule has 0 radical (unpaired) electrons. The predicted molar refractivity (Wildman–Crippen MR) is 112 cm³/mol. The van der Waals surface area contributed by atoms with Crippen molar-refractivity contribution in [2.75, 3.05) is 25.6 Å². The Morgan fingerprint density at radius 3 is 2.48 bits per heavy atom. The third-order valence-electron chi connectivity index (χ3n) is 4.37. The summed E-state index contributed by atoms with van der Waals surface area (Å²) in [6.07, 6.45) is 1.55. The van der Waals surface area contributed by atoms with Crippen molar-refractivity contribution >= 4 is 17.5 Å². The smallest absolute Gasteiger partial charge is 0.270 e. The highest BCUT2D eigenvalue weighted by Gasteiger charge is 2.09. The molecule has 0 fully saturated rings. The number of ether oxygens (including phenoxy) is 2. The van der Waals surface area contributed by atoms with Crippen molar-refractivity contribution in [3.63, 3.8) is 0 Å². The Morgan fingerprint density at radius 2 is 1.76 bits per heavy atom. The summed E-state index contributed by atoms with van der Waals surface area (Å²) in [6, 6.07) is 14.8. The van der Waals surface area contributed by atoms with Gasteiger partial charge in [-0.25, -0.2) is 9.97 Å². The van der Waals surface area contributed by atoms with Crippen LogP contribution in [0.25, 0.3) is 0 Å². The highest BCUT2D eigenvalue weighted by molar-refractivity contribution is 5.92. The number of nitrogens with one attached hydrogen (secondary N) is 2. The van der Waals surface area contributed by atoms with Crippen LogP contribution in [-0.2, 0) is 0 Å². The van der Waals surface area contributed by atoms with Gasteiger partial charge in [0.2, 0.25) is 5.95 Å². The number of benzene rings is 2. The minimum Gasteiger partial charge on any atom is -0.497 e. The number of aromatic nitrogens is 2. The normalized spacial score (nSPS) is 10.3. The molecule has 2 N–H and O–H groups in total. The number of hydrogen-bond donors (Lipinski definition) is 2. The van der Waals surface area contributed by atoms with E-state index in [1.54, 1.807) is 19.4 Å². The van der Waals surface area contributed by atoms with Gasteiger partial charge in [-0.2, -0.15) is 0 Å². The van der Waals surface area contributed by atoms with Gasteiger partial charge in [-0.1, -0.05) is 6.07 Å². The maximum Gasteiger partial charge on any atom is 0.270 e. The molecular formula is C22H24N4O3. The van der Waals surface area contributed by atoms with Gasteiger partial charge in [0, 0.05) is 11.9 Å². The SMILES string of the molecule is COc1ccc(OCCNC(=O)c2ccnc(Nc3ccc(C)c(C)c3)n2)cc1. The lowest BCUT2D eigenvalue weighted by Crippen LogP contribution is -2.29. The highest BCUT2D eigenvalue weighted by atomic mass is 16.5. The molecule has 0 spiro atoms. The molecule has 0 saturated heterocycles. The zero-order valence-electron chi connectivity index (χ0n) is 16.7. The van der Waals surface area contributed by atoms with E-state index in [1.165, 1.54) is 11.1 Å². The number of rotatable bonds is 8. The van der Waals surface area contributed by atoms with Crippen LogP contribution < -0.4 is 20.1 Å². The number of anilines is 2. The molecule has 0 aliphatic heterocycles. The second kappa shape index (κ2) is 9.54. The topological polar surface area (TPSA) is 85.4 Å². The molecule has 0 unspecified atom stereocenters. The largest absolute Gasteiger partial charge is 0.497 e. The second-order valence-corrected chi connectivity index (χ2v) is 6.47. The fourth-order valence-corrected chi connectivity index (χ4v) is 2.59. The van der Waals surface area contributed by atoms with Gasteiger partial charge < -0.3 is 20.1 Å². The Bertz CT molecular complexity index is 974. The number of methoxy groups -OCH3 is 1. The lowest BCUT2D eigenvalue weighted by molar-refractivity contribution is 0.0942. The first-order chi connectivity index (χ1) is 14.0. The van der Waals surface area contributed by atoms with E-state index < -0.39 is 0 Å². The maximum absolute atomic E-state index is 12.3. The molecule has 29 heavy (non-hydrogen) atoms. The average Bonchev–Trinajstić information content (AvgIpc) is 2.74. The van der Waals surface area contributed by atoms with Gasteiger partial charge in [-0.15, -0.1) is 0 Å². The minimum atomic E-state index is -0.283. The second-order valence-electron chi connectivity index (χ2n) is 6.47. The summed E-state index contributed by atoms with van der Waals surface area (Å²) < 4.78 is 10.7. The first kappa shape index (κ1) is 20.1. The van der Waals surface area contributed by atoms with E-state index in [1.807, 2.05) is 49.4 Å². The van der Waals surface area contributed by atoms with Crippen molar-refractivity contribution in [2.45, 2.75) is 13.8 Å². The Kier molecular flexibility index (Phi) is 6.63. The molecule has 7 heteroatoms. The van der Waals surface area contributed by atoms with Crippen molar-refractivity contribution in [2.24, 2.45) is 0 Å². The summed E-state index contributed by atoms with van der Waals surface area (Å²) in [5, 5.41) is 5.92. The molecule has 1 heterocycles. The van der Waals surface area contributed by atoms with Gasteiger partial charge >= 0.3 is 0 Å². The molecule has 1 amide bonds. The van der Waals surface area contributed by atoms with Crippen LogP contribution in [0.3, 0.4) is 0 Å². The van der Waals surface area contributed by atoms with Gasteiger partial charge in [0.15, 0.2) is 0 Å². The van der Waals surface area contributed by atoms with Crippen molar-refractivity contribution in [3.05, 3.63) is 71.5 Å². The van der Waals surface area contributed by atoms with Crippen LogP contribution in [0.5, 0.6) is 11.5 Å². The number of carbonyl (C=O) groups excluding carboxylic acids is 1. The van der Waals surface area contributed by atoms with Gasteiger partial charge in [-0.3, -0.25) is 4.79 Å². The molecule has 2 aromatic carbocycles. The summed E-state index contributed by atoms with van der Waals surface area (Å²) in [7, 11) is 1.61. The standard InChI is InChI=1S/C22H24N4O3/c1-15-4-5-17(14-16(15)2)25-22-24-11-10-20(26-22)21(27)23-12-13-29-19-8-6-18(28-3)7-9-19/h4-11,14H,12-13H2,1-3H3,(H,23,27)(H,24,25,26). The average molecular weight is 392 g/mol. The minimum absolute atomic E-state index is 0.283. The predicted octanol–water partition coefficient (Wildman–Crippen LogP) is 3.65. The molecule has 0 aliphatic rings. The van der Waals surface area contributed by atoms with Crippen LogP contribution in [0.2, 0.25) is 0 Å². The Hall–Kier alpha value is -3.61. The third kappa shape index (κ3) is 5.68. The number of nitrogens with zero attached hydrogens (tertiary/aromatic N) is 2. The summed E-state index contributed by atoms with van der Waals surface area (Å²) in [5.41, 5.74) is 3.54. The molecule has 1 aromatic heterocycles. The highest BCUT2D eigenvalue weighted by Crippen LogP contribution is 2.18. The van der Waals surface area contributed by atoms with Crippen LogP contribution in [0.1, 0.15) is 21.6 Å². The summed E-state index contributed by atoms with van der Waals surface area (Å²) in [6.45, 7) is 4.80. The fourth-order valence-electron chi connectivity index (χ4n) is 2.59. The van der Waals surface area contributed by atoms with Crippen LogP contribution in [0.4, 0.5) is 11.6 Å². The number of aryl methyl sites for hydroxylation is 2. The van der Waals surface area contributed by atoms with Gasteiger partial charge in [0.1, 0.15) is 23.8 Å². The number of hydrogen-bond acceptors (Lipinski definition) is 6. The zero-order valence-corrected chi connectivity index (χ0v) is 16.7. The molecule has 3 aromatic rings. The van der Waals surface area contributed by atoms with E-state index in [-0.39, 0.29) is 11.6 Å². The zero-order chi connectivity index (χ0) is 20.6. The Labute approximate surface area is 170 Å². The van der Waals surface area contributed by atoms with E-state index in [0.29, 0.717) is 24.8 Å². The van der Waals surface area contributed by atoms with Crippen LogP contribution in [0, 0.1) is 13.8 Å². The van der Waals surface area contributed by atoms with Crippen molar-refractivity contribution in [1.29, 1.82) is 0 Å². The van der Waals surface area contributed by atoms with Crippen molar-refractivity contribution in [1.82, 2.24) is 15.3 Å². The fraction of sp³-hybridized carbons (Fsp3) is 0.227. The molecule has 0 bridgehead atoms. The van der Waals surface area contributed by atoms with Gasteiger partial charge in [0.05, 0.1) is 13.7 Å². The Morgan fingerprint density at radius 1 is 1.00 bits per heavy atom. The summed E-state index contributed by atoms with van der Waals surface area (Å²) in [5.74, 6) is 1.56. The van der Waals surface area contributed by atoms with E-state index in [4.69, 9.17) is 9.47 Å². The molecule has 150 valence electrons. The van der Waals surface area contributed by atoms with Gasteiger partial charge in [-0.05, 0) is 67.4 Å². The molecule has 7 nitrogen and oxygen atoms in total. The van der Waals surface area contributed by atoms with E-state index in [9.17, 15) is 4.79 Å². The summed E-state index contributed by atoms with van der Waals surface area (Å²) >= 11 is 0. The lowest BCUT2D eigenvalue weighted by Gasteiger charge is -2.10.